The first-order valence-corrected chi connectivity index (χ1v) is 3.18. The molecule has 7 heavy (non-hydrogen) atoms. The first-order valence-electron chi connectivity index (χ1n) is 2.10. The van der Waals surface area contributed by atoms with Gasteiger partial charge in [-0.1, -0.05) is 0 Å². The van der Waals surface area contributed by atoms with Crippen molar-refractivity contribution in [3.63, 3.8) is 0 Å². The molecule has 1 aliphatic rings. The Balaban J connectivity index is 2.57. The molecule has 0 atom stereocenters. The van der Waals surface area contributed by atoms with Crippen LogP contribution in [0.2, 0.25) is 0 Å². The summed E-state index contributed by atoms with van der Waals surface area (Å²) in [4.78, 5) is 7.85. The van der Waals surface area contributed by atoms with Gasteiger partial charge < -0.3 is 0 Å². The Morgan fingerprint density at radius 3 is 2.86 bits per heavy atom. The molecule has 1 heterocycles. The fourth-order valence-electron chi connectivity index (χ4n) is 0.383. The van der Waals surface area contributed by atoms with Crippen LogP contribution in [0.5, 0.6) is 0 Å². The lowest BCUT2D eigenvalue weighted by Crippen LogP contribution is -1.95. The molecule has 0 fully saturated rings. The number of rotatable bonds is 0. The Kier molecular flexibility index (Phi) is 1.78. The molecular formula is C4H5IN2. The molecule has 2 nitrogen and oxygen atoms in total. The van der Waals surface area contributed by atoms with Gasteiger partial charge in [0.15, 0.2) is 0 Å². The summed E-state index contributed by atoms with van der Waals surface area (Å²) in [6.45, 7) is 0.918. The Hall–Kier alpha value is 0.0700. The molecule has 38 valence electrons. The van der Waals surface area contributed by atoms with Crippen molar-refractivity contribution in [3.8, 4) is 0 Å². The monoisotopic (exact) mass is 208 g/mol. The summed E-state index contributed by atoms with van der Waals surface area (Å²) in [5, 5.41) is 0. The summed E-state index contributed by atoms with van der Waals surface area (Å²) in [6.07, 6.45) is 2.64. The number of nitrogens with zero attached hydrogens (tertiary/aromatic N) is 2. The zero-order chi connectivity index (χ0) is 5.11. The van der Waals surface area contributed by atoms with Gasteiger partial charge in [-0.05, 0) is 22.6 Å². The van der Waals surface area contributed by atoms with E-state index < -0.39 is 0 Å². The maximum atomic E-state index is 3.94. The fraction of sp³-hybridized carbons (Fsp3) is 0.500. The van der Waals surface area contributed by atoms with Gasteiger partial charge in [0.05, 0.1) is 3.72 Å². The second-order valence-electron chi connectivity index (χ2n) is 1.28. The molecule has 0 saturated heterocycles. The average molecular weight is 208 g/mol. The highest BCUT2D eigenvalue weighted by Gasteiger charge is 1.93. The van der Waals surface area contributed by atoms with Crippen molar-refractivity contribution in [1.82, 2.24) is 0 Å². The first-order chi connectivity index (χ1) is 3.39. The lowest BCUT2D eigenvalue weighted by atomic mass is 10.4. The van der Waals surface area contributed by atoms with E-state index in [1.807, 2.05) is 0 Å². The van der Waals surface area contributed by atoms with Crippen molar-refractivity contribution in [2.75, 3.05) is 6.54 Å². The summed E-state index contributed by atoms with van der Waals surface area (Å²) >= 11 is 2.22. The van der Waals surface area contributed by atoms with E-state index in [4.69, 9.17) is 0 Å². The highest BCUT2D eigenvalue weighted by atomic mass is 127. The lowest BCUT2D eigenvalue weighted by molar-refractivity contribution is 1.04. The van der Waals surface area contributed by atoms with Crippen LogP contribution in [0.3, 0.4) is 0 Å². The van der Waals surface area contributed by atoms with Crippen LogP contribution in [0, 0.1) is 0 Å². The zero-order valence-corrected chi connectivity index (χ0v) is 5.92. The molecular weight excluding hydrogens is 203 g/mol. The summed E-state index contributed by atoms with van der Waals surface area (Å²) in [5.74, 6) is 0. The molecule has 0 aromatic carbocycles. The molecule has 3 heteroatoms. The second kappa shape index (κ2) is 2.40. The van der Waals surface area contributed by atoms with Crippen molar-refractivity contribution in [3.05, 3.63) is 0 Å². The summed E-state index contributed by atoms with van der Waals surface area (Å²) < 4.78 is 1.16. The van der Waals surface area contributed by atoms with Gasteiger partial charge in [0.2, 0.25) is 0 Å². The van der Waals surface area contributed by atoms with Gasteiger partial charge in [-0.3, -0.25) is 4.99 Å². The van der Waals surface area contributed by atoms with E-state index in [1.165, 1.54) is 0 Å². The summed E-state index contributed by atoms with van der Waals surface area (Å²) in [5.41, 5.74) is 0. The number of halogens is 1. The van der Waals surface area contributed by atoms with Gasteiger partial charge in [0, 0.05) is 13.0 Å². The van der Waals surface area contributed by atoms with Gasteiger partial charge in [0.25, 0.3) is 0 Å². The summed E-state index contributed by atoms with van der Waals surface area (Å²) in [7, 11) is 0. The Morgan fingerprint density at radius 2 is 2.57 bits per heavy atom. The van der Waals surface area contributed by atoms with Gasteiger partial charge >= 0.3 is 0 Å². The van der Waals surface area contributed by atoms with Crippen LogP contribution < -0.4 is 0 Å². The van der Waals surface area contributed by atoms with E-state index >= 15 is 0 Å². The number of aliphatic imine (C=N–C) groups is 2. The minimum atomic E-state index is 0.918. The molecule has 0 radical (unpaired) electrons. The quantitative estimate of drug-likeness (QED) is 0.535. The van der Waals surface area contributed by atoms with Crippen molar-refractivity contribution in [2.45, 2.75) is 6.42 Å². The fourth-order valence-corrected chi connectivity index (χ4v) is 0.748. The normalized spacial score (nSPS) is 19.3. The molecule has 0 N–H and O–H groups in total. The molecule has 0 spiro atoms. The van der Waals surface area contributed by atoms with E-state index in [-0.39, 0.29) is 0 Å². The largest absolute Gasteiger partial charge is 0.273 e. The Bertz CT molecular complexity index is 117. The van der Waals surface area contributed by atoms with Gasteiger partial charge in [-0.25, -0.2) is 4.99 Å². The Labute approximate surface area is 55.9 Å². The first kappa shape index (κ1) is 5.21. The van der Waals surface area contributed by atoms with Crippen LogP contribution >= 0.6 is 22.6 Å². The van der Waals surface area contributed by atoms with E-state index in [9.17, 15) is 0 Å². The average Bonchev–Trinajstić information content (AvgIpc) is 1.69. The topological polar surface area (TPSA) is 24.7 Å². The van der Waals surface area contributed by atoms with Crippen LogP contribution in [-0.4, -0.2) is 16.6 Å². The molecule has 0 aromatic heterocycles. The standard InChI is InChI=1S/C4H5IN2/c5-4-1-2-6-3-7-4/h3H,1-2H2. The molecule has 0 saturated carbocycles. The molecule has 0 bridgehead atoms. The third-order valence-electron chi connectivity index (χ3n) is 0.727. The van der Waals surface area contributed by atoms with Crippen LogP contribution in [0.1, 0.15) is 6.42 Å². The minimum Gasteiger partial charge on any atom is -0.273 e. The van der Waals surface area contributed by atoms with Crippen molar-refractivity contribution >= 4 is 32.6 Å². The lowest BCUT2D eigenvalue weighted by Gasteiger charge is -1.95. The summed E-state index contributed by atoms with van der Waals surface area (Å²) in [6, 6.07) is 0. The van der Waals surface area contributed by atoms with Crippen LogP contribution in [0.4, 0.5) is 0 Å². The van der Waals surface area contributed by atoms with Gasteiger partial charge in [0.1, 0.15) is 6.34 Å². The van der Waals surface area contributed by atoms with E-state index in [2.05, 4.69) is 32.6 Å². The second-order valence-corrected chi connectivity index (χ2v) is 2.52. The third-order valence-corrected chi connectivity index (χ3v) is 1.54. The SMILES string of the molecule is IC1=NC=NCC1. The van der Waals surface area contributed by atoms with Crippen molar-refractivity contribution in [1.29, 1.82) is 0 Å². The number of hydrogen-bond acceptors (Lipinski definition) is 2. The van der Waals surface area contributed by atoms with Crippen LogP contribution in [0.25, 0.3) is 0 Å². The maximum absolute atomic E-state index is 3.94. The Morgan fingerprint density at radius 1 is 1.71 bits per heavy atom. The molecule has 1 rings (SSSR count). The van der Waals surface area contributed by atoms with Crippen LogP contribution in [-0.2, 0) is 0 Å². The molecule has 0 unspecified atom stereocenters. The molecule has 0 aromatic rings. The zero-order valence-electron chi connectivity index (χ0n) is 3.76. The predicted octanol–water partition coefficient (Wildman–Crippen LogP) is 1.25. The van der Waals surface area contributed by atoms with Crippen molar-refractivity contribution < 1.29 is 0 Å². The van der Waals surface area contributed by atoms with E-state index in [1.54, 1.807) is 6.34 Å². The van der Waals surface area contributed by atoms with E-state index in [0.29, 0.717) is 0 Å². The third kappa shape index (κ3) is 1.54. The molecule has 1 aliphatic heterocycles. The maximum Gasteiger partial charge on any atom is 0.110 e. The van der Waals surface area contributed by atoms with E-state index in [0.717, 1.165) is 16.7 Å². The minimum absolute atomic E-state index is 0.918. The predicted molar refractivity (Wildman–Crippen MR) is 39.4 cm³/mol. The smallest absolute Gasteiger partial charge is 0.110 e. The highest BCUT2D eigenvalue weighted by Crippen LogP contribution is 1.99. The number of hydrogen-bond donors (Lipinski definition) is 0. The molecule has 0 amide bonds. The van der Waals surface area contributed by atoms with Gasteiger partial charge in [-0.15, -0.1) is 0 Å². The van der Waals surface area contributed by atoms with Crippen molar-refractivity contribution in [2.24, 2.45) is 9.98 Å². The van der Waals surface area contributed by atoms with Gasteiger partial charge in [-0.2, -0.15) is 0 Å². The molecule has 0 aliphatic carbocycles. The van der Waals surface area contributed by atoms with Crippen LogP contribution in [0.15, 0.2) is 9.98 Å². The highest BCUT2D eigenvalue weighted by molar-refractivity contribution is 14.1.